The van der Waals surface area contributed by atoms with Crippen molar-refractivity contribution in [3.63, 3.8) is 0 Å². The average Bonchev–Trinajstić information content (AvgIpc) is 2.44. The molecule has 0 radical (unpaired) electrons. The number of fused-ring (bicyclic) bond motifs is 1. The monoisotopic (exact) mass is 245 g/mol. The van der Waals surface area contributed by atoms with Crippen LogP contribution in [0.2, 0.25) is 0 Å². The number of aldehydes is 1. The molecule has 0 spiro atoms. The van der Waals surface area contributed by atoms with E-state index in [0.29, 0.717) is 12.1 Å². The topological polar surface area (TPSA) is 54.5 Å². The van der Waals surface area contributed by atoms with E-state index in [2.05, 4.69) is 0 Å². The highest BCUT2D eigenvalue weighted by Crippen LogP contribution is 2.30. The van der Waals surface area contributed by atoms with Crippen molar-refractivity contribution in [3.05, 3.63) is 29.8 Å². The summed E-state index contributed by atoms with van der Waals surface area (Å²) in [4.78, 5) is 36.1. The molecule has 1 amide bonds. The zero-order valence-corrected chi connectivity index (χ0v) is 10.3. The van der Waals surface area contributed by atoms with Crippen LogP contribution < -0.4 is 4.90 Å². The van der Waals surface area contributed by atoms with Gasteiger partial charge in [0.25, 0.3) is 5.91 Å². The first kappa shape index (κ1) is 12.5. The van der Waals surface area contributed by atoms with Crippen LogP contribution in [0.15, 0.2) is 24.3 Å². The van der Waals surface area contributed by atoms with Gasteiger partial charge in [0.2, 0.25) is 5.78 Å². The molecule has 1 heterocycles. The number of ketones is 1. The summed E-state index contributed by atoms with van der Waals surface area (Å²) in [6, 6.07) is 6.88. The van der Waals surface area contributed by atoms with Crippen molar-refractivity contribution in [3.8, 4) is 0 Å². The molecule has 1 aliphatic rings. The van der Waals surface area contributed by atoms with Crippen LogP contribution in [-0.4, -0.2) is 24.0 Å². The summed E-state index contributed by atoms with van der Waals surface area (Å²) >= 11 is 0. The number of carbonyl (C=O) groups is 3. The normalized spacial score (nSPS) is 18.1. The molecule has 4 nitrogen and oxygen atoms in total. The van der Waals surface area contributed by atoms with E-state index in [0.717, 1.165) is 18.3 Å². The van der Waals surface area contributed by atoms with Gasteiger partial charge in [0.1, 0.15) is 6.29 Å². The predicted octanol–water partition coefficient (Wildman–Crippen LogP) is 1.51. The van der Waals surface area contributed by atoms with Gasteiger partial charge < -0.3 is 4.79 Å². The molecule has 0 N–H and O–H groups in total. The minimum absolute atomic E-state index is 0.156. The number of aryl methyl sites for hydroxylation is 1. The molecule has 18 heavy (non-hydrogen) atoms. The van der Waals surface area contributed by atoms with E-state index >= 15 is 0 Å². The number of nitrogens with zero attached hydrogens (tertiary/aromatic N) is 1. The summed E-state index contributed by atoms with van der Waals surface area (Å²) in [5, 5.41) is 0. The number of anilines is 1. The van der Waals surface area contributed by atoms with Gasteiger partial charge in [0.15, 0.2) is 0 Å². The smallest absolute Gasteiger partial charge is 0.295 e. The Labute approximate surface area is 106 Å². The molecule has 0 bridgehead atoms. The van der Waals surface area contributed by atoms with Crippen LogP contribution in [-0.2, 0) is 20.8 Å². The number of hydrogen-bond acceptors (Lipinski definition) is 3. The number of Topliss-reactive ketones (excluding diaryl/α,β-unsaturated/α-hetero) is 1. The highest BCUT2D eigenvalue weighted by Gasteiger charge is 2.33. The lowest BCUT2D eigenvalue weighted by Crippen LogP contribution is -2.47. The first-order chi connectivity index (χ1) is 8.69. The second-order valence-corrected chi connectivity index (χ2v) is 4.32. The molecule has 4 heteroatoms. The summed E-state index contributed by atoms with van der Waals surface area (Å²) in [5.74, 6) is -1.04. The fourth-order valence-electron chi connectivity index (χ4n) is 2.24. The van der Waals surface area contributed by atoms with Crippen molar-refractivity contribution in [1.82, 2.24) is 0 Å². The second-order valence-electron chi connectivity index (χ2n) is 4.32. The predicted molar refractivity (Wildman–Crippen MR) is 67.4 cm³/mol. The summed E-state index contributed by atoms with van der Waals surface area (Å²) in [6.45, 7) is 1.64. The zero-order chi connectivity index (χ0) is 13.1. The van der Waals surface area contributed by atoms with E-state index < -0.39 is 17.7 Å². The van der Waals surface area contributed by atoms with Crippen LogP contribution in [0.1, 0.15) is 25.3 Å². The van der Waals surface area contributed by atoms with E-state index in [1.165, 1.54) is 4.90 Å². The highest BCUT2D eigenvalue weighted by atomic mass is 16.2. The van der Waals surface area contributed by atoms with Gasteiger partial charge >= 0.3 is 0 Å². The minimum Gasteiger partial charge on any atom is -0.301 e. The molecule has 1 aromatic rings. The molecule has 0 aromatic heterocycles. The van der Waals surface area contributed by atoms with Crippen LogP contribution in [0.3, 0.4) is 0 Å². The van der Waals surface area contributed by atoms with Crippen LogP contribution >= 0.6 is 0 Å². The SMILES string of the molecule is CCC(=O)C(=O)N1c2ccccc2CCC1C=O. The van der Waals surface area contributed by atoms with Crippen LogP contribution in [0.5, 0.6) is 0 Å². The lowest BCUT2D eigenvalue weighted by atomic mass is 9.96. The Morgan fingerprint density at radius 3 is 2.78 bits per heavy atom. The third-order valence-corrected chi connectivity index (χ3v) is 3.23. The van der Waals surface area contributed by atoms with Gasteiger partial charge in [-0.05, 0) is 24.5 Å². The minimum atomic E-state index is -0.582. The highest BCUT2D eigenvalue weighted by molar-refractivity contribution is 6.41. The van der Waals surface area contributed by atoms with Gasteiger partial charge in [-0.2, -0.15) is 0 Å². The fourth-order valence-corrected chi connectivity index (χ4v) is 2.24. The van der Waals surface area contributed by atoms with Crippen LogP contribution in [0, 0.1) is 0 Å². The molecular formula is C14H15NO3. The summed E-state index contributed by atoms with van der Waals surface area (Å²) in [5.41, 5.74) is 1.69. The standard InChI is InChI=1S/C14H15NO3/c1-2-13(17)14(18)15-11(9-16)8-7-10-5-3-4-6-12(10)15/h3-6,9,11H,2,7-8H2,1H3. The number of para-hydroxylation sites is 1. The van der Waals surface area contributed by atoms with Crippen LogP contribution in [0.25, 0.3) is 0 Å². The first-order valence-corrected chi connectivity index (χ1v) is 6.08. The quantitative estimate of drug-likeness (QED) is 0.599. The second kappa shape index (κ2) is 5.12. The summed E-state index contributed by atoms with van der Waals surface area (Å²) in [6.07, 6.45) is 2.23. The molecule has 1 aromatic carbocycles. The molecule has 1 unspecified atom stereocenters. The van der Waals surface area contributed by atoms with Gasteiger partial charge in [-0.15, -0.1) is 0 Å². The van der Waals surface area contributed by atoms with Crippen molar-refractivity contribution in [2.45, 2.75) is 32.2 Å². The Hall–Kier alpha value is -1.97. The van der Waals surface area contributed by atoms with Crippen molar-refractivity contribution in [1.29, 1.82) is 0 Å². The molecule has 94 valence electrons. The molecule has 1 atom stereocenters. The molecule has 0 saturated carbocycles. The molecular weight excluding hydrogens is 230 g/mol. The Kier molecular flexibility index (Phi) is 3.55. The van der Waals surface area contributed by atoms with E-state index in [1.807, 2.05) is 18.2 Å². The molecule has 0 aliphatic carbocycles. The Balaban J connectivity index is 2.44. The van der Waals surface area contributed by atoms with Crippen molar-refractivity contribution >= 4 is 23.7 Å². The summed E-state index contributed by atoms with van der Waals surface area (Å²) in [7, 11) is 0. The third-order valence-electron chi connectivity index (χ3n) is 3.23. The number of hydrogen-bond donors (Lipinski definition) is 0. The lowest BCUT2D eigenvalue weighted by Gasteiger charge is -2.33. The fraction of sp³-hybridized carbons (Fsp3) is 0.357. The largest absolute Gasteiger partial charge is 0.301 e. The van der Waals surface area contributed by atoms with Gasteiger partial charge in [-0.3, -0.25) is 14.5 Å². The maximum absolute atomic E-state index is 12.1. The van der Waals surface area contributed by atoms with E-state index in [-0.39, 0.29) is 6.42 Å². The van der Waals surface area contributed by atoms with Crippen molar-refractivity contribution in [2.75, 3.05) is 4.90 Å². The van der Waals surface area contributed by atoms with E-state index in [4.69, 9.17) is 0 Å². The average molecular weight is 245 g/mol. The van der Waals surface area contributed by atoms with Gasteiger partial charge in [0.05, 0.1) is 6.04 Å². The first-order valence-electron chi connectivity index (χ1n) is 6.08. The molecule has 1 aliphatic heterocycles. The van der Waals surface area contributed by atoms with Gasteiger partial charge in [0, 0.05) is 12.1 Å². The lowest BCUT2D eigenvalue weighted by molar-refractivity contribution is -0.136. The molecule has 0 fully saturated rings. The maximum atomic E-state index is 12.1. The number of rotatable bonds is 3. The van der Waals surface area contributed by atoms with E-state index in [1.54, 1.807) is 13.0 Å². The maximum Gasteiger partial charge on any atom is 0.295 e. The Morgan fingerprint density at radius 2 is 2.11 bits per heavy atom. The zero-order valence-electron chi connectivity index (χ0n) is 10.3. The molecule has 0 saturated heterocycles. The number of carbonyl (C=O) groups excluding carboxylic acids is 3. The van der Waals surface area contributed by atoms with Crippen LogP contribution in [0.4, 0.5) is 5.69 Å². The van der Waals surface area contributed by atoms with Gasteiger partial charge in [-0.1, -0.05) is 25.1 Å². The van der Waals surface area contributed by atoms with Crippen molar-refractivity contribution in [2.24, 2.45) is 0 Å². The molecule has 2 rings (SSSR count). The van der Waals surface area contributed by atoms with Gasteiger partial charge in [-0.25, -0.2) is 0 Å². The number of amides is 1. The van der Waals surface area contributed by atoms with Crippen molar-refractivity contribution < 1.29 is 14.4 Å². The Bertz CT molecular complexity index is 496. The Morgan fingerprint density at radius 1 is 1.39 bits per heavy atom. The number of benzene rings is 1. The summed E-state index contributed by atoms with van der Waals surface area (Å²) < 4.78 is 0. The third kappa shape index (κ3) is 2.06. The van der Waals surface area contributed by atoms with E-state index in [9.17, 15) is 14.4 Å².